The lowest BCUT2D eigenvalue weighted by Crippen LogP contribution is -2.48. The van der Waals surface area contributed by atoms with Crippen molar-refractivity contribution in [2.45, 2.75) is 75.7 Å². The number of rotatable bonds is 8. The van der Waals surface area contributed by atoms with E-state index in [2.05, 4.69) is 30.6 Å². The number of hydrogen-bond donors (Lipinski definition) is 4. The van der Waals surface area contributed by atoms with Crippen molar-refractivity contribution in [3.8, 4) is 0 Å². The standard InChI is InChI=1S/C24H32ClF3N6O2S/c1-37(35,36)34-21-5-3-2-4-20(21)32-22-19(25)13-29-23(33-22)31-18-11-7-15-6-9-17(10-8-16(15)12-18)30-14-24(26,27)28/h7,11-13,17,20-21,30,34H,2-6,8-10,14H2,1H3,(H2,29,31,32,33)/t17?,20-,21-/m1/s1. The lowest BCUT2D eigenvalue weighted by molar-refractivity contribution is -0.126. The fourth-order valence-electron chi connectivity index (χ4n) is 5.00. The maximum atomic E-state index is 12.6. The summed E-state index contributed by atoms with van der Waals surface area (Å²) in [6.07, 6.45) is 4.49. The van der Waals surface area contributed by atoms with Gasteiger partial charge in [0.25, 0.3) is 0 Å². The first-order valence-electron chi connectivity index (χ1n) is 12.4. The predicted octanol–water partition coefficient (Wildman–Crippen LogP) is 4.55. The summed E-state index contributed by atoms with van der Waals surface area (Å²) >= 11 is 6.35. The zero-order valence-electron chi connectivity index (χ0n) is 20.5. The third-order valence-electron chi connectivity index (χ3n) is 6.78. The van der Waals surface area contributed by atoms with Crippen molar-refractivity contribution >= 4 is 39.1 Å². The minimum atomic E-state index is -4.22. The van der Waals surface area contributed by atoms with E-state index < -0.39 is 22.7 Å². The van der Waals surface area contributed by atoms with Gasteiger partial charge in [0.05, 0.1) is 19.0 Å². The van der Waals surface area contributed by atoms with E-state index in [0.717, 1.165) is 48.8 Å². The van der Waals surface area contributed by atoms with Crippen molar-refractivity contribution in [2.75, 3.05) is 23.4 Å². The molecular formula is C24H32ClF3N6O2S. The van der Waals surface area contributed by atoms with Gasteiger partial charge < -0.3 is 16.0 Å². The van der Waals surface area contributed by atoms with Gasteiger partial charge in [-0.05, 0) is 61.8 Å². The Labute approximate surface area is 220 Å². The second-order valence-corrected chi connectivity index (χ2v) is 12.0. The van der Waals surface area contributed by atoms with E-state index in [0.29, 0.717) is 42.5 Å². The molecule has 1 heterocycles. The molecule has 0 bridgehead atoms. The van der Waals surface area contributed by atoms with Crippen molar-refractivity contribution < 1.29 is 21.6 Å². The maximum absolute atomic E-state index is 12.6. The SMILES string of the molecule is CS(=O)(=O)N[C@@H]1CCCC[C@H]1Nc1nc(Nc2ccc3c(c2)CCC(NCC(F)(F)F)CC3)ncc1Cl. The molecule has 0 spiro atoms. The van der Waals surface area contributed by atoms with Crippen LogP contribution < -0.4 is 20.7 Å². The smallest absolute Gasteiger partial charge is 0.364 e. The van der Waals surface area contributed by atoms with Gasteiger partial charge in [-0.1, -0.05) is 30.5 Å². The molecule has 2 aliphatic rings. The number of alkyl halides is 3. The van der Waals surface area contributed by atoms with Crippen LogP contribution in [0.2, 0.25) is 5.02 Å². The summed E-state index contributed by atoms with van der Waals surface area (Å²) in [5.41, 5.74) is 2.98. The van der Waals surface area contributed by atoms with Crippen LogP contribution in [0.25, 0.3) is 0 Å². The molecule has 0 radical (unpaired) electrons. The van der Waals surface area contributed by atoms with Crippen LogP contribution in [0.4, 0.5) is 30.6 Å². The van der Waals surface area contributed by atoms with Crippen LogP contribution in [-0.2, 0) is 22.9 Å². The molecule has 3 atom stereocenters. The van der Waals surface area contributed by atoms with E-state index >= 15 is 0 Å². The molecule has 1 aromatic carbocycles. The molecule has 1 fully saturated rings. The Morgan fingerprint density at radius 1 is 1.05 bits per heavy atom. The molecule has 204 valence electrons. The Hall–Kier alpha value is -2.15. The summed E-state index contributed by atoms with van der Waals surface area (Å²) in [5.74, 6) is 0.744. The first kappa shape index (κ1) is 27.9. The quantitative estimate of drug-likeness (QED) is 0.351. The van der Waals surface area contributed by atoms with E-state index in [1.54, 1.807) is 0 Å². The first-order chi connectivity index (χ1) is 17.4. The van der Waals surface area contributed by atoms with Gasteiger partial charge in [-0.3, -0.25) is 0 Å². The third kappa shape index (κ3) is 8.42. The lowest BCUT2D eigenvalue weighted by atomic mass is 9.91. The molecule has 0 aliphatic heterocycles. The lowest BCUT2D eigenvalue weighted by Gasteiger charge is -2.32. The monoisotopic (exact) mass is 560 g/mol. The zero-order valence-corrected chi connectivity index (χ0v) is 22.1. The Kier molecular flexibility index (Phi) is 8.82. The Morgan fingerprint density at radius 3 is 2.46 bits per heavy atom. The van der Waals surface area contributed by atoms with Crippen LogP contribution in [0, 0.1) is 0 Å². The van der Waals surface area contributed by atoms with Crippen molar-refractivity contribution in [1.29, 1.82) is 0 Å². The second-order valence-electron chi connectivity index (χ2n) is 9.80. The van der Waals surface area contributed by atoms with Gasteiger partial charge in [-0.15, -0.1) is 0 Å². The van der Waals surface area contributed by atoms with Gasteiger partial charge in [0.2, 0.25) is 16.0 Å². The fraction of sp³-hybridized carbons (Fsp3) is 0.583. The Bertz CT molecular complexity index is 1200. The van der Waals surface area contributed by atoms with Crippen molar-refractivity contribution in [1.82, 2.24) is 20.0 Å². The largest absolute Gasteiger partial charge is 0.401 e. The molecule has 0 saturated heterocycles. The highest BCUT2D eigenvalue weighted by atomic mass is 35.5. The molecule has 4 rings (SSSR count). The number of nitrogens with zero attached hydrogens (tertiary/aromatic N) is 2. The molecule has 0 amide bonds. The number of sulfonamides is 1. The number of hydrogen-bond acceptors (Lipinski definition) is 7. The van der Waals surface area contributed by atoms with Crippen molar-refractivity contribution in [3.05, 3.63) is 40.5 Å². The summed E-state index contributed by atoms with van der Waals surface area (Å²) in [6.45, 7) is -0.975. The van der Waals surface area contributed by atoms with E-state index in [1.807, 2.05) is 18.2 Å². The van der Waals surface area contributed by atoms with Crippen molar-refractivity contribution in [3.63, 3.8) is 0 Å². The number of aryl methyl sites for hydroxylation is 2. The number of nitrogens with one attached hydrogen (secondary N) is 4. The molecule has 4 N–H and O–H groups in total. The zero-order chi connectivity index (χ0) is 26.6. The summed E-state index contributed by atoms with van der Waals surface area (Å²) in [6, 6.07) is 5.28. The van der Waals surface area contributed by atoms with Crippen molar-refractivity contribution in [2.24, 2.45) is 0 Å². The van der Waals surface area contributed by atoms with Crippen LogP contribution >= 0.6 is 11.6 Å². The third-order valence-corrected chi connectivity index (χ3v) is 7.78. The number of fused-ring (bicyclic) bond motifs is 1. The molecule has 1 saturated carbocycles. The van der Waals surface area contributed by atoms with Gasteiger partial charge in [0.1, 0.15) is 5.02 Å². The van der Waals surface area contributed by atoms with Gasteiger partial charge in [0.15, 0.2) is 5.82 Å². The fourth-order valence-corrected chi connectivity index (χ4v) is 5.98. The topological polar surface area (TPSA) is 108 Å². The van der Waals surface area contributed by atoms with E-state index in [1.165, 1.54) is 6.20 Å². The maximum Gasteiger partial charge on any atom is 0.401 e. The first-order valence-corrected chi connectivity index (χ1v) is 14.7. The van der Waals surface area contributed by atoms with E-state index in [9.17, 15) is 21.6 Å². The number of aromatic nitrogens is 2. The molecule has 2 aliphatic carbocycles. The number of halogens is 4. The minimum absolute atomic E-state index is 0.157. The average Bonchev–Trinajstić information content (AvgIpc) is 3.02. The van der Waals surface area contributed by atoms with E-state index in [-0.39, 0.29) is 18.1 Å². The van der Waals surface area contributed by atoms with E-state index in [4.69, 9.17) is 11.6 Å². The van der Waals surface area contributed by atoms with Gasteiger partial charge in [-0.25, -0.2) is 18.1 Å². The van der Waals surface area contributed by atoms with Crippen LogP contribution in [0.5, 0.6) is 0 Å². The highest BCUT2D eigenvalue weighted by molar-refractivity contribution is 7.88. The molecule has 1 unspecified atom stereocenters. The minimum Gasteiger partial charge on any atom is -0.364 e. The highest BCUT2D eigenvalue weighted by Gasteiger charge is 2.29. The van der Waals surface area contributed by atoms with Gasteiger partial charge in [0, 0.05) is 23.8 Å². The average molecular weight is 561 g/mol. The van der Waals surface area contributed by atoms with Crippen LogP contribution in [0.3, 0.4) is 0 Å². The van der Waals surface area contributed by atoms with Crippen LogP contribution in [-0.4, -0.2) is 55.5 Å². The molecule has 1 aromatic heterocycles. The Morgan fingerprint density at radius 2 is 1.76 bits per heavy atom. The number of anilines is 3. The van der Waals surface area contributed by atoms with Crippen LogP contribution in [0.15, 0.2) is 24.4 Å². The second kappa shape index (κ2) is 11.7. The highest BCUT2D eigenvalue weighted by Crippen LogP contribution is 2.29. The Balaban J connectivity index is 1.42. The molecule has 8 nitrogen and oxygen atoms in total. The van der Waals surface area contributed by atoms with Crippen LogP contribution in [0.1, 0.15) is 49.7 Å². The predicted molar refractivity (Wildman–Crippen MR) is 139 cm³/mol. The van der Waals surface area contributed by atoms with Gasteiger partial charge >= 0.3 is 6.18 Å². The molecular weight excluding hydrogens is 529 g/mol. The summed E-state index contributed by atoms with van der Waals surface area (Å²) in [5, 5.41) is 9.45. The van der Waals surface area contributed by atoms with Gasteiger partial charge in [-0.2, -0.15) is 18.2 Å². The molecule has 2 aromatic rings. The number of benzene rings is 1. The summed E-state index contributed by atoms with van der Waals surface area (Å²) < 4.78 is 64.0. The summed E-state index contributed by atoms with van der Waals surface area (Å²) in [7, 11) is -3.35. The normalized spacial score (nSPS) is 22.7. The summed E-state index contributed by atoms with van der Waals surface area (Å²) in [4.78, 5) is 8.80. The molecule has 37 heavy (non-hydrogen) atoms. The molecule has 13 heteroatoms.